The van der Waals surface area contributed by atoms with Crippen LogP contribution in [0.25, 0.3) is 0 Å². The van der Waals surface area contributed by atoms with Crippen LogP contribution in [-0.2, 0) is 6.61 Å². The Kier molecular flexibility index (Phi) is 4.77. The molecule has 2 rings (SSSR count). The van der Waals surface area contributed by atoms with Crippen LogP contribution in [-0.4, -0.2) is 10.0 Å². The summed E-state index contributed by atoms with van der Waals surface area (Å²) in [5.41, 5.74) is 1.16. The highest BCUT2D eigenvalue weighted by molar-refractivity contribution is 6.30. The molecule has 0 amide bonds. The van der Waals surface area contributed by atoms with Crippen LogP contribution in [0.3, 0.4) is 0 Å². The van der Waals surface area contributed by atoms with Crippen molar-refractivity contribution in [3.63, 3.8) is 0 Å². The lowest BCUT2D eigenvalue weighted by molar-refractivity contribution is -0.385. The van der Waals surface area contributed by atoms with Gasteiger partial charge in [0.15, 0.2) is 0 Å². The normalized spacial score (nSPS) is 12.0. The van der Waals surface area contributed by atoms with Gasteiger partial charge in [-0.1, -0.05) is 23.7 Å². The number of hydrogen-bond donors (Lipinski definition) is 1. The molecular weight excluding hydrogens is 294 g/mol. The fraction of sp³-hybridized carbons (Fsp3) is 0.200. The SMILES string of the molecule is C[C@H](O)c1ccc(OCc2cc(Cl)ccc2[N+](=O)[O-])cc1. The van der Waals surface area contributed by atoms with E-state index in [0.29, 0.717) is 16.3 Å². The van der Waals surface area contributed by atoms with E-state index in [9.17, 15) is 15.2 Å². The van der Waals surface area contributed by atoms with E-state index < -0.39 is 11.0 Å². The lowest BCUT2D eigenvalue weighted by atomic mass is 10.1. The summed E-state index contributed by atoms with van der Waals surface area (Å²) in [6.45, 7) is 1.72. The van der Waals surface area contributed by atoms with E-state index in [1.807, 2.05) is 0 Å². The Morgan fingerprint density at radius 3 is 2.52 bits per heavy atom. The molecule has 2 aromatic rings. The summed E-state index contributed by atoms with van der Waals surface area (Å²) in [5, 5.41) is 20.8. The second-order valence-electron chi connectivity index (χ2n) is 4.56. The Hall–Kier alpha value is -2.11. The minimum atomic E-state index is -0.548. The Labute approximate surface area is 126 Å². The smallest absolute Gasteiger partial charge is 0.276 e. The molecule has 110 valence electrons. The monoisotopic (exact) mass is 307 g/mol. The zero-order chi connectivity index (χ0) is 15.4. The van der Waals surface area contributed by atoms with E-state index in [4.69, 9.17) is 16.3 Å². The van der Waals surface area contributed by atoms with E-state index in [1.54, 1.807) is 31.2 Å². The standard InChI is InChI=1S/C15H14ClNO4/c1-10(18)11-2-5-14(6-3-11)21-9-12-8-13(16)4-7-15(12)17(19)20/h2-8,10,18H,9H2,1H3/t10-/m0/s1. The zero-order valence-corrected chi connectivity index (χ0v) is 12.1. The minimum Gasteiger partial charge on any atom is -0.489 e. The number of nitro benzene ring substituents is 1. The molecule has 0 aliphatic heterocycles. The number of aliphatic hydroxyl groups excluding tert-OH is 1. The maximum absolute atomic E-state index is 10.9. The van der Waals surface area contributed by atoms with Crippen LogP contribution in [0.15, 0.2) is 42.5 Å². The summed E-state index contributed by atoms with van der Waals surface area (Å²) in [5.74, 6) is 0.564. The molecule has 0 aromatic heterocycles. The summed E-state index contributed by atoms with van der Waals surface area (Å²) in [6, 6.07) is 11.2. The maximum atomic E-state index is 10.9. The van der Waals surface area contributed by atoms with Gasteiger partial charge in [-0.25, -0.2) is 0 Å². The van der Waals surface area contributed by atoms with Gasteiger partial charge in [-0.05, 0) is 36.8 Å². The number of ether oxygens (including phenoxy) is 1. The van der Waals surface area contributed by atoms with Crippen LogP contribution in [0.4, 0.5) is 5.69 Å². The largest absolute Gasteiger partial charge is 0.489 e. The van der Waals surface area contributed by atoms with Crippen molar-refractivity contribution in [1.29, 1.82) is 0 Å². The molecule has 0 fully saturated rings. The fourth-order valence-corrected chi connectivity index (χ4v) is 2.05. The van der Waals surface area contributed by atoms with E-state index in [0.717, 1.165) is 5.56 Å². The van der Waals surface area contributed by atoms with Crippen LogP contribution in [0.1, 0.15) is 24.2 Å². The van der Waals surface area contributed by atoms with Crippen LogP contribution in [0.5, 0.6) is 5.75 Å². The lowest BCUT2D eigenvalue weighted by Crippen LogP contribution is -2.01. The highest BCUT2D eigenvalue weighted by Gasteiger charge is 2.14. The third-order valence-electron chi connectivity index (χ3n) is 3.00. The number of aliphatic hydroxyl groups is 1. The first kappa shape index (κ1) is 15.3. The summed E-state index contributed by atoms with van der Waals surface area (Å²) < 4.78 is 5.53. The number of benzene rings is 2. The molecule has 0 bridgehead atoms. The van der Waals surface area contributed by atoms with E-state index in [1.165, 1.54) is 18.2 Å². The molecular formula is C15H14ClNO4. The van der Waals surface area contributed by atoms with E-state index in [2.05, 4.69) is 0 Å². The maximum Gasteiger partial charge on any atom is 0.276 e. The summed E-state index contributed by atoms with van der Waals surface area (Å²) in [4.78, 5) is 10.5. The van der Waals surface area contributed by atoms with Gasteiger partial charge in [0.2, 0.25) is 0 Å². The molecule has 0 aliphatic carbocycles. The van der Waals surface area contributed by atoms with Crippen molar-refractivity contribution < 1.29 is 14.8 Å². The van der Waals surface area contributed by atoms with Crippen LogP contribution >= 0.6 is 11.6 Å². The van der Waals surface area contributed by atoms with Crippen molar-refractivity contribution in [3.05, 3.63) is 68.7 Å². The predicted octanol–water partition coefficient (Wildman–Crippen LogP) is 3.88. The average Bonchev–Trinajstić information content (AvgIpc) is 2.45. The quantitative estimate of drug-likeness (QED) is 0.672. The van der Waals surface area contributed by atoms with Crippen molar-refractivity contribution in [1.82, 2.24) is 0 Å². The van der Waals surface area contributed by atoms with Gasteiger partial charge in [0, 0.05) is 11.1 Å². The molecule has 0 heterocycles. The van der Waals surface area contributed by atoms with Gasteiger partial charge in [0.25, 0.3) is 5.69 Å². The molecule has 21 heavy (non-hydrogen) atoms. The van der Waals surface area contributed by atoms with Crippen molar-refractivity contribution >= 4 is 17.3 Å². The molecule has 0 unspecified atom stereocenters. The van der Waals surface area contributed by atoms with Gasteiger partial charge in [-0.2, -0.15) is 0 Å². The van der Waals surface area contributed by atoms with E-state index >= 15 is 0 Å². The molecule has 1 atom stereocenters. The average molecular weight is 308 g/mol. The third-order valence-corrected chi connectivity index (χ3v) is 3.23. The van der Waals surface area contributed by atoms with Crippen molar-refractivity contribution in [2.75, 3.05) is 0 Å². The van der Waals surface area contributed by atoms with Gasteiger partial charge in [0.05, 0.1) is 16.6 Å². The molecule has 5 nitrogen and oxygen atoms in total. The summed E-state index contributed by atoms with van der Waals surface area (Å²) >= 11 is 5.85. The van der Waals surface area contributed by atoms with Crippen LogP contribution in [0.2, 0.25) is 5.02 Å². The number of nitrogens with zero attached hydrogens (tertiary/aromatic N) is 1. The van der Waals surface area contributed by atoms with Gasteiger partial charge in [-0.3, -0.25) is 10.1 Å². The first-order valence-corrected chi connectivity index (χ1v) is 6.69. The van der Waals surface area contributed by atoms with Gasteiger partial charge >= 0.3 is 0 Å². The number of rotatable bonds is 5. The highest BCUT2D eigenvalue weighted by atomic mass is 35.5. The van der Waals surface area contributed by atoms with Gasteiger partial charge in [0.1, 0.15) is 12.4 Å². The summed E-state index contributed by atoms with van der Waals surface area (Å²) in [7, 11) is 0. The van der Waals surface area contributed by atoms with Gasteiger partial charge < -0.3 is 9.84 Å². The molecule has 0 spiro atoms. The molecule has 1 N–H and O–H groups in total. The van der Waals surface area contributed by atoms with Crippen molar-refractivity contribution in [3.8, 4) is 5.75 Å². The zero-order valence-electron chi connectivity index (χ0n) is 11.3. The number of nitro groups is 1. The number of hydrogen-bond acceptors (Lipinski definition) is 4. The first-order valence-electron chi connectivity index (χ1n) is 6.31. The molecule has 6 heteroatoms. The third kappa shape index (κ3) is 3.93. The lowest BCUT2D eigenvalue weighted by Gasteiger charge is -2.09. The Morgan fingerprint density at radius 1 is 1.29 bits per heavy atom. The topological polar surface area (TPSA) is 72.6 Å². The molecule has 0 saturated heterocycles. The Bertz CT molecular complexity index is 641. The first-order chi connectivity index (χ1) is 9.97. The minimum absolute atomic E-state index is 0.0278. The molecule has 0 radical (unpaired) electrons. The molecule has 2 aromatic carbocycles. The molecule has 0 aliphatic rings. The van der Waals surface area contributed by atoms with Gasteiger partial charge in [-0.15, -0.1) is 0 Å². The van der Waals surface area contributed by atoms with Crippen LogP contribution < -0.4 is 4.74 Å². The predicted molar refractivity (Wildman–Crippen MR) is 79.5 cm³/mol. The Balaban J connectivity index is 2.12. The van der Waals surface area contributed by atoms with Crippen LogP contribution in [0, 0.1) is 10.1 Å². The summed E-state index contributed by atoms with van der Waals surface area (Å²) in [6.07, 6.45) is -0.548. The van der Waals surface area contributed by atoms with Crippen molar-refractivity contribution in [2.45, 2.75) is 19.6 Å². The number of halogens is 1. The fourth-order valence-electron chi connectivity index (χ4n) is 1.85. The van der Waals surface area contributed by atoms with E-state index in [-0.39, 0.29) is 12.3 Å². The van der Waals surface area contributed by atoms with Crippen molar-refractivity contribution in [2.24, 2.45) is 0 Å². The Morgan fingerprint density at radius 2 is 1.95 bits per heavy atom. The second-order valence-corrected chi connectivity index (χ2v) is 5.00. The highest BCUT2D eigenvalue weighted by Crippen LogP contribution is 2.25. The second kappa shape index (κ2) is 6.56. The molecule has 0 saturated carbocycles.